The third kappa shape index (κ3) is 8.34. The van der Waals surface area contributed by atoms with Crippen molar-refractivity contribution in [2.75, 3.05) is 12.3 Å². The van der Waals surface area contributed by atoms with Gasteiger partial charge in [0.25, 0.3) is 0 Å². The fraction of sp³-hybridized carbons (Fsp3) is 0.696. The number of benzene rings is 1. The monoisotopic (exact) mass is 373 g/mol. The van der Waals surface area contributed by atoms with Crippen LogP contribution < -0.4 is 5.73 Å². The van der Waals surface area contributed by atoms with Crippen molar-refractivity contribution in [3.63, 3.8) is 0 Å². The molecule has 1 aromatic carbocycles. The number of para-hydroxylation sites is 1. The van der Waals surface area contributed by atoms with E-state index in [2.05, 4.69) is 25.8 Å². The first-order chi connectivity index (χ1) is 13.0. The van der Waals surface area contributed by atoms with Gasteiger partial charge in [-0.15, -0.1) is 0 Å². The summed E-state index contributed by atoms with van der Waals surface area (Å²) in [4.78, 5) is 4.37. The highest BCUT2D eigenvalue weighted by molar-refractivity contribution is 5.87. The normalized spacial score (nSPS) is 12.1. The number of aromatic nitrogens is 2. The molecule has 152 valence electrons. The molecule has 4 nitrogen and oxygen atoms in total. The fourth-order valence-corrected chi connectivity index (χ4v) is 3.51. The van der Waals surface area contributed by atoms with Crippen LogP contribution in [0.3, 0.4) is 0 Å². The molecule has 0 unspecified atom stereocenters. The van der Waals surface area contributed by atoms with E-state index in [-0.39, 0.29) is 0 Å². The Bertz CT molecular complexity index is 657. The zero-order valence-corrected chi connectivity index (χ0v) is 17.7. The second-order valence-electron chi connectivity index (χ2n) is 8.96. The minimum Gasteiger partial charge on any atom is -0.397 e. The molecule has 0 aliphatic rings. The number of unbranched alkanes of at least 4 members (excludes halogenated alkanes) is 8. The maximum atomic E-state index is 6.04. The molecule has 0 aliphatic heterocycles. The van der Waals surface area contributed by atoms with Crippen molar-refractivity contribution in [1.82, 2.24) is 9.55 Å². The summed E-state index contributed by atoms with van der Waals surface area (Å²) in [6.07, 6.45) is 15.2. The summed E-state index contributed by atoms with van der Waals surface area (Å²) >= 11 is 0. The maximum Gasteiger partial charge on any atom is 0.124 e. The Morgan fingerprint density at radius 3 is 2.22 bits per heavy atom. The third-order valence-corrected chi connectivity index (χ3v) is 5.12. The van der Waals surface area contributed by atoms with Gasteiger partial charge in [-0.3, -0.25) is 0 Å². The lowest BCUT2D eigenvalue weighted by Gasteiger charge is -2.17. The lowest BCUT2D eigenvalue weighted by atomic mass is 9.89. The van der Waals surface area contributed by atoms with Crippen molar-refractivity contribution in [3.8, 4) is 0 Å². The van der Waals surface area contributed by atoms with Crippen LogP contribution in [0.25, 0.3) is 11.0 Å². The first kappa shape index (κ1) is 21.7. The third-order valence-electron chi connectivity index (χ3n) is 5.12. The first-order valence-electron chi connectivity index (χ1n) is 10.7. The van der Waals surface area contributed by atoms with Crippen LogP contribution in [-0.4, -0.2) is 16.2 Å². The summed E-state index contributed by atoms with van der Waals surface area (Å²) in [5.41, 5.74) is 9.20. The zero-order valence-electron chi connectivity index (χ0n) is 17.7. The highest BCUT2D eigenvalue weighted by Crippen LogP contribution is 2.23. The van der Waals surface area contributed by atoms with Crippen molar-refractivity contribution >= 4 is 16.7 Å². The predicted octanol–water partition coefficient (Wildman–Crippen LogP) is 6.54. The van der Waals surface area contributed by atoms with Crippen LogP contribution in [0.15, 0.2) is 24.5 Å². The van der Waals surface area contributed by atoms with Crippen molar-refractivity contribution in [2.45, 2.75) is 91.7 Å². The maximum absolute atomic E-state index is 6.04. The highest BCUT2D eigenvalue weighted by Gasteiger charge is 2.08. The molecular weight excluding hydrogens is 334 g/mol. The van der Waals surface area contributed by atoms with Gasteiger partial charge in [0.15, 0.2) is 0 Å². The average molecular weight is 374 g/mol. The largest absolute Gasteiger partial charge is 0.397 e. The van der Waals surface area contributed by atoms with E-state index in [9.17, 15) is 0 Å². The van der Waals surface area contributed by atoms with Gasteiger partial charge < -0.3 is 15.0 Å². The molecule has 0 amide bonds. The molecule has 0 saturated carbocycles. The predicted molar refractivity (Wildman–Crippen MR) is 116 cm³/mol. The summed E-state index contributed by atoms with van der Waals surface area (Å²) in [5, 5.41) is 0. The molecule has 0 aliphatic carbocycles. The van der Waals surface area contributed by atoms with Gasteiger partial charge in [0.05, 0.1) is 23.0 Å². The number of nitrogens with two attached hydrogens (primary N) is 1. The van der Waals surface area contributed by atoms with Crippen molar-refractivity contribution in [1.29, 1.82) is 0 Å². The smallest absolute Gasteiger partial charge is 0.124 e. The Hall–Kier alpha value is -1.55. The number of rotatable bonds is 13. The summed E-state index contributed by atoms with van der Waals surface area (Å²) in [6.45, 7) is 8.34. The van der Waals surface area contributed by atoms with Crippen LogP contribution in [0.1, 0.15) is 85.0 Å². The number of ether oxygens (including phenoxy) is 1. The number of hydrogen-bond donors (Lipinski definition) is 1. The number of fused-ring (bicyclic) bond motifs is 1. The van der Waals surface area contributed by atoms with Crippen molar-refractivity contribution in [3.05, 3.63) is 24.5 Å². The summed E-state index contributed by atoms with van der Waals surface area (Å²) < 4.78 is 7.80. The van der Waals surface area contributed by atoms with E-state index in [0.29, 0.717) is 12.1 Å². The van der Waals surface area contributed by atoms with Gasteiger partial charge in [0.2, 0.25) is 0 Å². The van der Waals surface area contributed by atoms with Crippen LogP contribution >= 0.6 is 0 Å². The molecule has 0 saturated heterocycles. The van der Waals surface area contributed by atoms with Gasteiger partial charge in [0, 0.05) is 6.61 Å². The average Bonchev–Trinajstić information content (AvgIpc) is 3.02. The SMILES string of the molecule is CC(C)(C)CCCCCCCCCCCOCn1cnc2cccc(N)c21. The Morgan fingerprint density at radius 1 is 0.926 bits per heavy atom. The van der Waals surface area contributed by atoms with Crippen LogP contribution in [0.2, 0.25) is 0 Å². The van der Waals surface area contributed by atoms with Crippen LogP contribution in [0.4, 0.5) is 5.69 Å². The molecule has 27 heavy (non-hydrogen) atoms. The van der Waals surface area contributed by atoms with E-state index in [1.807, 2.05) is 29.1 Å². The van der Waals surface area contributed by atoms with Crippen LogP contribution in [0.5, 0.6) is 0 Å². The van der Waals surface area contributed by atoms with Gasteiger partial charge in [-0.05, 0) is 30.4 Å². The molecule has 0 atom stereocenters. The Kier molecular flexibility index (Phi) is 9.12. The number of imidazole rings is 1. The van der Waals surface area contributed by atoms with E-state index in [1.165, 1.54) is 57.8 Å². The standard InChI is InChI=1S/C23H39N3O/c1-23(2,3)16-11-9-7-5-4-6-8-10-12-17-27-19-26-18-25-21-15-13-14-20(24)22(21)26/h13-15,18H,4-12,16-17,19,24H2,1-3H3. The lowest BCUT2D eigenvalue weighted by molar-refractivity contribution is 0.0763. The Balaban J connectivity index is 1.43. The molecule has 4 heteroatoms. The number of hydrogen-bond acceptors (Lipinski definition) is 3. The summed E-state index contributed by atoms with van der Waals surface area (Å²) in [6, 6.07) is 5.82. The highest BCUT2D eigenvalue weighted by atomic mass is 16.5. The van der Waals surface area contributed by atoms with Crippen molar-refractivity contribution in [2.24, 2.45) is 5.41 Å². The van der Waals surface area contributed by atoms with Gasteiger partial charge in [0.1, 0.15) is 6.73 Å². The van der Waals surface area contributed by atoms with Crippen molar-refractivity contribution < 1.29 is 4.74 Å². The number of anilines is 1. The number of nitrogen functional groups attached to an aromatic ring is 1. The molecule has 1 heterocycles. The van der Waals surface area contributed by atoms with Gasteiger partial charge >= 0.3 is 0 Å². The van der Waals surface area contributed by atoms with Gasteiger partial charge in [-0.2, -0.15) is 0 Å². The second kappa shape index (κ2) is 11.3. The molecule has 0 radical (unpaired) electrons. The van der Waals surface area contributed by atoms with E-state index in [1.54, 1.807) is 0 Å². The summed E-state index contributed by atoms with van der Waals surface area (Å²) in [7, 11) is 0. The molecule has 1 aromatic heterocycles. The number of nitrogens with zero attached hydrogens (tertiary/aromatic N) is 2. The van der Waals surface area contributed by atoms with E-state index < -0.39 is 0 Å². The fourth-order valence-electron chi connectivity index (χ4n) is 3.51. The zero-order chi connectivity index (χ0) is 19.5. The van der Waals surface area contributed by atoms with Gasteiger partial charge in [-0.25, -0.2) is 4.98 Å². The molecule has 0 bridgehead atoms. The molecular formula is C23H39N3O. The van der Waals surface area contributed by atoms with E-state index in [0.717, 1.165) is 29.7 Å². The minimum atomic E-state index is 0.500. The van der Waals surface area contributed by atoms with E-state index in [4.69, 9.17) is 10.5 Å². The lowest BCUT2D eigenvalue weighted by Crippen LogP contribution is -2.04. The quantitative estimate of drug-likeness (QED) is 0.320. The molecule has 0 fully saturated rings. The molecule has 2 N–H and O–H groups in total. The van der Waals surface area contributed by atoms with Crippen LogP contribution in [-0.2, 0) is 11.5 Å². The van der Waals surface area contributed by atoms with Gasteiger partial charge in [-0.1, -0.05) is 78.2 Å². The Morgan fingerprint density at radius 2 is 1.56 bits per heavy atom. The molecule has 0 spiro atoms. The second-order valence-corrected chi connectivity index (χ2v) is 8.96. The first-order valence-corrected chi connectivity index (χ1v) is 10.7. The van der Waals surface area contributed by atoms with E-state index >= 15 is 0 Å². The minimum absolute atomic E-state index is 0.500. The topological polar surface area (TPSA) is 53.1 Å². The Labute approximate surface area is 165 Å². The summed E-state index contributed by atoms with van der Waals surface area (Å²) in [5.74, 6) is 0. The van der Waals surface area contributed by atoms with Crippen LogP contribution in [0, 0.1) is 5.41 Å². The molecule has 2 rings (SSSR count). The molecule has 2 aromatic rings.